The summed E-state index contributed by atoms with van der Waals surface area (Å²) in [6.45, 7) is 5.60. The Kier molecular flexibility index (Phi) is 3.94. The van der Waals surface area contributed by atoms with E-state index >= 15 is 0 Å². The fraction of sp³-hybridized carbons (Fsp3) is 0.692. The number of carbonyl (C=O) groups is 1. The van der Waals surface area contributed by atoms with Gasteiger partial charge in [0.1, 0.15) is 0 Å². The topological polar surface area (TPSA) is 44.1 Å². The van der Waals surface area contributed by atoms with E-state index in [0.29, 0.717) is 24.3 Å². The van der Waals surface area contributed by atoms with Gasteiger partial charge in [-0.1, -0.05) is 0 Å². The van der Waals surface area contributed by atoms with Crippen LogP contribution in [0.2, 0.25) is 0 Å². The van der Waals surface area contributed by atoms with E-state index in [1.165, 1.54) is 0 Å². The van der Waals surface area contributed by atoms with E-state index in [1.807, 2.05) is 24.6 Å². The van der Waals surface area contributed by atoms with Crippen LogP contribution in [0.3, 0.4) is 0 Å². The predicted octanol–water partition coefficient (Wildman–Crippen LogP) is 2.29. The standard InChI is InChI=1S/C13H20N2O2/c1-3-15-6-5-14-13(15)12(16)9-10-7-11(8-10)17-4-2/h5-6,10-11H,3-4,7-9H2,1-2H3. The van der Waals surface area contributed by atoms with Gasteiger partial charge in [0.25, 0.3) is 0 Å². The molecule has 94 valence electrons. The normalized spacial score (nSPS) is 23.4. The average Bonchev–Trinajstić information content (AvgIpc) is 2.74. The molecule has 1 aliphatic carbocycles. The number of ketones is 1. The SMILES string of the molecule is CCOC1CC(CC(=O)c2nccn2CC)C1. The fourth-order valence-corrected chi connectivity index (χ4v) is 2.38. The molecule has 0 atom stereocenters. The summed E-state index contributed by atoms with van der Waals surface area (Å²) in [4.78, 5) is 16.2. The van der Waals surface area contributed by atoms with Gasteiger partial charge < -0.3 is 9.30 Å². The predicted molar refractivity (Wildman–Crippen MR) is 65.0 cm³/mol. The minimum absolute atomic E-state index is 0.164. The summed E-state index contributed by atoms with van der Waals surface area (Å²) >= 11 is 0. The lowest BCUT2D eigenvalue weighted by molar-refractivity contribution is -0.0247. The highest BCUT2D eigenvalue weighted by Gasteiger charge is 2.32. The molecule has 17 heavy (non-hydrogen) atoms. The maximum atomic E-state index is 12.0. The van der Waals surface area contributed by atoms with Gasteiger partial charge >= 0.3 is 0 Å². The summed E-state index contributed by atoms with van der Waals surface area (Å²) in [6.07, 6.45) is 6.58. The third-order valence-electron chi connectivity index (χ3n) is 3.37. The Morgan fingerprint density at radius 2 is 2.29 bits per heavy atom. The van der Waals surface area contributed by atoms with Crippen molar-refractivity contribution in [2.24, 2.45) is 5.92 Å². The Hall–Kier alpha value is -1.16. The molecular formula is C13H20N2O2. The lowest BCUT2D eigenvalue weighted by Crippen LogP contribution is -2.33. The second kappa shape index (κ2) is 5.45. The molecule has 2 rings (SSSR count). The van der Waals surface area contributed by atoms with E-state index in [9.17, 15) is 4.79 Å². The number of hydrogen-bond acceptors (Lipinski definition) is 3. The molecule has 1 fully saturated rings. The van der Waals surface area contributed by atoms with Crippen molar-refractivity contribution in [3.05, 3.63) is 18.2 Å². The largest absolute Gasteiger partial charge is 0.378 e. The number of aryl methyl sites for hydroxylation is 1. The summed E-state index contributed by atoms with van der Waals surface area (Å²) in [5.74, 6) is 1.25. The molecule has 1 heterocycles. The highest BCUT2D eigenvalue weighted by atomic mass is 16.5. The van der Waals surface area contributed by atoms with Crippen molar-refractivity contribution in [2.45, 2.75) is 45.8 Å². The molecule has 1 aromatic rings. The summed E-state index contributed by atoms with van der Waals surface area (Å²) in [7, 11) is 0. The van der Waals surface area contributed by atoms with Gasteiger partial charge in [0.05, 0.1) is 6.10 Å². The number of ether oxygens (including phenoxy) is 1. The van der Waals surface area contributed by atoms with E-state index in [4.69, 9.17) is 4.74 Å². The van der Waals surface area contributed by atoms with Gasteiger partial charge in [0.2, 0.25) is 0 Å². The molecule has 0 aromatic carbocycles. The molecule has 0 amide bonds. The Morgan fingerprint density at radius 1 is 1.53 bits per heavy atom. The van der Waals surface area contributed by atoms with E-state index in [0.717, 1.165) is 26.0 Å². The van der Waals surface area contributed by atoms with Crippen molar-refractivity contribution >= 4 is 5.78 Å². The molecule has 0 unspecified atom stereocenters. The molecule has 4 nitrogen and oxygen atoms in total. The monoisotopic (exact) mass is 236 g/mol. The Bertz CT molecular complexity index is 381. The Balaban J connectivity index is 1.83. The summed E-state index contributed by atoms with van der Waals surface area (Å²) < 4.78 is 7.40. The molecule has 0 bridgehead atoms. The number of rotatable bonds is 6. The third-order valence-corrected chi connectivity index (χ3v) is 3.37. The number of hydrogen-bond donors (Lipinski definition) is 0. The zero-order valence-corrected chi connectivity index (χ0v) is 10.6. The van der Waals surface area contributed by atoms with Crippen molar-refractivity contribution in [3.8, 4) is 0 Å². The van der Waals surface area contributed by atoms with Crippen LogP contribution in [-0.4, -0.2) is 28.0 Å². The van der Waals surface area contributed by atoms with Crippen molar-refractivity contribution in [2.75, 3.05) is 6.61 Å². The molecule has 0 spiro atoms. The highest BCUT2D eigenvalue weighted by molar-refractivity contribution is 5.93. The van der Waals surface area contributed by atoms with Crippen molar-refractivity contribution < 1.29 is 9.53 Å². The van der Waals surface area contributed by atoms with Gasteiger partial charge in [0.15, 0.2) is 11.6 Å². The lowest BCUT2D eigenvalue weighted by Gasteiger charge is -2.34. The van der Waals surface area contributed by atoms with Gasteiger partial charge in [-0.05, 0) is 32.6 Å². The summed E-state index contributed by atoms with van der Waals surface area (Å²) in [5.41, 5.74) is 0. The summed E-state index contributed by atoms with van der Waals surface area (Å²) in [6, 6.07) is 0. The zero-order chi connectivity index (χ0) is 12.3. The van der Waals surface area contributed by atoms with Crippen molar-refractivity contribution in [1.29, 1.82) is 0 Å². The third kappa shape index (κ3) is 2.75. The van der Waals surface area contributed by atoms with Crippen molar-refractivity contribution in [1.82, 2.24) is 9.55 Å². The van der Waals surface area contributed by atoms with Crippen LogP contribution < -0.4 is 0 Å². The molecule has 1 aliphatic rings. The van der Waals surface area contributed by atoms with E-state index in [2.05, 4.69) is 4.98 Å². The first-order chi connectivity index (χ1) is 8.24. The number of carbonyl (C=O) groups excluding carboxylic acids is 1. The van der Waals surface area contributed by atoms with E-state index in [-0.39, 0.29) is 5.78 Å². The van der Waals surface area contributed by atoms with Gasteiger partial charge in [-0.25, -0.2) is 4.98 Å². The molecule has 0 aliphatic heterocycles. The van der Waals surface area contributed by atoms with Crippen LogP contribution in [0, 0.1) is 5.92 Å². The van der Waals surface area contributed by atoms with E-state index in [1.54, 1.807) is 6.20 Å². The van der Waals surface area contributed by atoms with Crippen molar-refractivity contribution in [3.63, 3.8) is 0 Å². The van der Waals surface area contributed by atoms with Crippen LogP contribution in [0.4, 0.5) is 0 Å². The number of nitrogens with zero attached hydrogens (tertiary/aromatic N) is 2. The van der Waals surface area contributed by atoms with Gasteiger partial charge in [-0.2, -0.15) is 0 Å². The van der Waals surface area contributed by atoms with Crippen LogP contribution in [0.15, 0.2) is 12.4 Å². The maximum absolute atomic E-state index is 12.0. The van der Waals surface area contributed by atoms with E-state index < -0.39 is 0 Å². The molecule has 4 heteroatoms. The molecule has 1 aromatic heterocycles. The fourth-order valence-electron chi connectivity index (χ4n) is 2.38. The minimum atomic E-state index is 0.164. The van der Waals surface area contributed by atoms with Crippen LogP contribution in [0.5, 0.6) is 0 Å². The van der Waals surface area contributed by atoms with Gasteiger partial charge in [-0.15, -0.1) is 0 Å². The first-order valence-corrected chi connectivity index (χ1v) is 6.40. The maximum Gasteiger partial charge on any atom is 0.198 e. The molecule has 0 saturated heterocycles. The Morgan fingerprint density at radius 3 is 2.94 bits per heavy atom. The quantitative estimate of drug-likeness (QED) is 0.712. The van der Waals surface area contributed by atoms with Gasteiger partial charge in [0, 0.05) is 32.0 Å². The molecule has 1 saturated carbocycles. The minimum Gasteiger partial charge on any atom is -0.378 e. The highest BCUT2D eigenvalue weighted by Crippen LogP contribution is 2.33. The van der Waals surface area contributed by atoms with Crippen LogP contribution in [0.25, 0.3) is 0 Å². The first kappa shape index (κ1) is 12.3. The first-order valence-electron chi connectivity index (χ1n) is 6.40. The second-order valence-corrected chi connectivity index (χ2v) is 4.58. The smallest absolute Gasteiger partial charge is 0.198 e. The average molecular weight is 236 g/mol. The number of aromatic nitrogens is 2. The van der Waals surface area contributed by atoms with Gasteiger partial charge in [-0.3, -0.25) is 4.79 Å². The van der Waals surface area contributed by atoms with Crippen LogP contribution >= 0.6 is 0 Å². The Labute approximate surface area is 102 Å². The number of imidazole rings is 1. The summed E-state index contributed by atoms with van der Waals surface area (Å²) in [5, 5.41) is 0. The zero-order valence-electron chi connectivity index (χ0n) is 10.6. The molecule has 0 N–H and O–H groups in total. The molecular weight excluding hydrogens is 216 g/mol. The molecule has 0 radical (unpaired) electrons. The second-order valence-electron chi connectivity index (χ2n) is 4.58. The lowest BCUT2D eigenvalue weighted by atomic mass is 9.79. The van der Waals surface area contributed by atoms with Crippen LogP contribution in [-0.2, 0) is 11.3 Å². The van der Waals surface area contributed by atoms with Crippen LogP contribution in [0.1, 0.15) is 43.7 Å². The number of Topliss-reactive ketones (excluding diaryl/α,β-unsaturated/α-hetero) is 1.